The fourth-order valence-corrected chi connectivity index (χ4v) is 3.95. The fraction of sp³-hybridized carbons (Fsp3) is 0.350. The van der Waals surface area contributed by atoms with Crippen LogP contribution < -0.4 is 5.32 Å². The quantitative estimate of drug-likeness (QED) is 0.884. The van der Waals surface area contributed by atoms with E-state index in [2.05, 4.69) is 17.5 Å². The van der Waals surface area contributed by atoms with Crippen LogP contribution in [0.2, 0.25) is 0 Å². The first-order valence-electron chi connectivity index (χ1n) is 8.39. The number of hydrogen-bond donors (Lipinski definition) is 1. The van der Waals surface area contributed by atoms with Crippen LogP contribution in [-0.2, 0) is 11.2 Å². The van der Waals surface area contributed by atoms with Crippen molar-refractivity contribution >= 4 is 5.69 Å². The van der Waals surface area contributed by atoms with Gasteiger partial charge < -0.3 is 10.1 Å². The molecule has 2 aliphatic rings. The molecule has 0 aliphatic carbocycles. The maximum atomic E-state index is 13.7. The molecule has 0 saturated carbocycles. The second-order valence-corrected chi connectivity index (χ2v) is 6.53. The van der Waals surface area contributed by atoms with Crippen molar-refractivity contribution in [1.82, 2.24) is 0 Å². The number of rotatable bonds is 2. The molecule has 1 saturated heterocycles. The maximum Gasteiger partial charge on any atom is 0.123 e. The minimum atomic E-state index is -0.210. The predicted octanol–water partition coefficient (Wildman–Crippen LogP) is 4.53. The van der Waals surface area contributed by atoms with Crippen molar-refractivity contribution in [3.63, 3.8) is 0 Å². The average Bonchev–Trinajstić information content (AvgIpc) is 2.61. The van der Waals surface area contributed by atoms with E-state index in [1.54, 1.807) is 12.1 Å². The molecule has 4 heteroatoms. The van der Waals surface area contributed by atoms with E-state index in [0.717, 1.165) is 41.8 Å². The van der Waals surface area contributed by atoms with Crippen LogP contribution in [0.4, 0.5) is 10.1 Å². The van der Waals surface area contributed by atoms with E-state index in [1.165, 1.54) is 6.07 Å². The Bertz CT molecular complexity index is 798. The summed E-state index contributed by atoms with van der Waals surface area (Å²) in [5.41, 5.74) is 4.12. The molecule has 3 atom stereocenters. The topological polar surface area (TPSA) is 45.0 Å². The summed E-state index contributed by atoms with van der Waals surface area (Å²) < 4.78 is 19.8. The number of benzene rings is 2. The van der Waals surface area contributed by atoms with E-state index in [9.17, 15) is 4.39 Å². The zero-order chi connectivity index (χ0) is 16.5. The largest absolute Gasteiger partial charge is 0.378 e. The summed E-state index contributed by atoms with van der Waals surface area (Å²) in [6.45, 7) is 0.749. The van der Waals surface area contributed by atoms with E-state index in [1.807, 2.05) is 18.2 Å². The first-order chi connectivity index (χ1) is 11.8. The van der Waals surface area contributed by atoms with Crippen LogP contribution >= 0.6 is 0 Å². The zero-order valence-corrected chi connectivity index (χ0v) is 13.3. The Morgan fingerprint density at radius 1 is 1.25 bits per heavy atom. The summed E-state index contributed by atoms with van der Waals surface area (Å²) in [5.74, 6) is 0.0585. The third-order valence-corrected chi connectivity index (χ3v) is 5.02. The Hall–Kier alpha value is -2.38. The Morgan fingerprint density at radius 2 is 2.17 bits per heavy atom. The molecule has 2 heterocycles. The molecule has 2 aromatic carbocycles. The average molecular weight is 322 g/mol. The molecule has 0 radical (unpaired) electrons. The molecule has 0 amide bonds. The molecule has 0 spiro atoms. The van der Waals surface area contributed by atoms with Gasteiger partial charge in [0.15, 0.2) is 0 Å². The molecule has 2 aromatic rings. The van der Waals surface area contributed by atoms with Gasteiger partial charge in [0.05, 0.1) is 24.6 Å². The Labute approximate surface area is 141 Å². The van der Waals surface area contributed by atoms with Gasteiger partial charge >= 0.3 is 0 Å². The van der Waals surface area contributed by atoms with E-state index >= 15 is 0 Å². The molecule has 2 aliphatic heterocycles. The number of nitriles is 1. The SMILES string of the molecule is N#CCc1ccc2c(c1)C1OCCCC1C(c1cccc(F)c1)N2. The van der Waals surface area contributed by atoms with Gasteiger partial charge in [-0.25, -0.2) is 4.39 Å². The zero-order valence-electron chi connectivity index (χ0n) is 13.3. The smallest absolute Gasteiger partial charge is 0.123 e. The van der Waals surface area contributed by atoms with Crippen molar-refractivity contribution in [1.29, 1.82) is 5.26 Å². The van der Waals surface area contributed by atoms with Crippen LogP contribution in [0.25, 0.3) is 0 Å². The number of anilines is 1. The summed E-state index contributed by atoms with van der Waals surface area (Å²) in [6, 6.07) is 15.1. The predicted molar refractivity (Wildman–Crippen MR) is 89.9 cm³/mol. The van der Waals surface area contributed by atoms with Crippen LogP contribution in [0.3, 0.4) is 0 Å². The van der Waals surface area contributed by atoms with E-state index in [0.29, 0.717) is 6.42 Å². The molecule has 3 nitrogen and oxygen atoms in total. The van der Waals surface area contributed by atoms with Crippen LogP contribution in [0.15, 0.2) is 42.5 Å². The fourth-order valence-electron chi connectivity index (χ4n) is 3.95. The highest BCUT2D eigenvalue weighted by Gasteiger charge is 2.39. The van der Waals surface area contributed by atoms with Crippen molar-refractivity contribution in [3.8, 4) is 6.07 Å². The standard InChI is InChI=1S/C20H19FN2O/c21-15-4-1-3-14(12-15)19-16-5-2-10-24-20(16)17-11-13(8-9-22)6-7-18(17)23-19/h1,3-4,6-7,11-12,16,19-20,23H,2,5,8,10H2. The first-order valence-corrected chi connectivity index (χ1v) is 8.39. The van der Waals surface area contributed by atoms with Gasteiger partial charge in [0.1, 0.15) is 5.82 Å². The minimum Gasteiger partial charge on any atom is -0.378 e. The Balaban J connectivity index is 1.76. The van der Waals surface area contributed by atoms with Crippen LogP contribution in [-0.4, -0.2) is 6.61 Å². The van der Waals surface area contributed by atoms with Gasteiger partial charge in [-0.1, -0.05) is 24.3 Å². The van der Waals surface area contributed by atoms with Crippen LogP contribution in [0.5, 0.6) is 0 Å². The second-order valence-electron chi connectivity index (χ2n) is 6.53. The number of halogens is 1. The summed E-state index contributed by atoms with van der Waals surface area (Å²) >= 11 is 0. The van der Waals surface area contributed by atoms with Crippen molar-refractivity contribution in [2.24, 2.45) is 5.92 Å². The summed E-state index contributed by atoms with van der Waals surface area (Å²) in [6.07, 6.45) is 2.46. The lowest BCUT2D eigenvalue weighted by Gasteiger charge is -2.43. The van der Waals surface area contributed by atoms with Crippen molar-refractivity contribution in [3.05, 3.63) is 65.0 Å². The van der Waals surface area contributed by atoms with Gasteiger partial charge in [0, 0.05) is 23.8 Å². The van der Waals surface area contributed by atoms with Crippen molar-refractivity contribution < 1.29 is 9.13 Å². The van der Waals surface area contributed by atoms with E-state index in [4.69, 9.17) is 10.00 Å². The molecule has 122 valence electrons. The monoisotopic (exact) mass is 322 g/mol. The molecule has 1 N–H and O–H groups in total. The van der Waals surface area contributed by atoms with E-state index in [-0.39, 0.29) is 23.9 Å². The first kappa shape index (κ1) is 15.2. The summed E-state index contributed by atoms with van der Waals surface area (Å²) in [7, 11) is 0. The number of nitrogens with zero attached hydrogens (tertiary/aromatic N) is 1. The van der Waals surface area contributed by atoms with Gasteiger partial charge in [-0.15, -0.1) is 0 Å². The number of fused-ring (bicyclic) bond motifs is 3. The number of ether oxygens (including phenoxy) is 1. The highest BCUT2D eigenvalue weighted by Crippen LogP contribution is 2.49. The summed E-state index contributed by atoms with van der Waals surface area (Å²) in [5, 5.41) is 12.5. The lowest BCUT2D eigenvalue weighted by atomic mass is 9.77. The Kier molecular flexibility index (Phi) is 3.95. The Morgan fingerprint density at radius 3 is 3.00 bits per heavy atom. The molecule has 3 unspecified atom stereocenters. The third kappa shape index (κ3) is 2.65. The van der Waals surface area contributed by atoms with E-state index < -0.39 is 0 Å². The van der Waals surface area contributed by atoms with Crippen molar-refractivity contribution in [2.75, 3.05) is 11.9 Å². The normalized spacial score (nSPS) is 25.1. The van der Waals surface area contributed by atoms with Crippen LogP contribution in [0, 0.1) is 23.1 Å². The molecule has 0 bridgehead atoms. The van der Waals surface area contributed by atoms with Gasteiger partial charge in [-0.3, -0.25) is 0 Å². The number of nitrogens with one attached hydrogen (secondary N) is 1. The van der Waals surface area contributed by atoms with Crippen LogP contribution in [0.1, 0.15) is 41.7 Å². The highest BCUT2D eigenvalue weighted by atomic mass is 19.1. The van der Waals surface area contributed by atoms with Crippen molar-refractivity contribution in [2.45, 2.75) is 31.4 Å². The minimum absolute atomic E-state index is 0.00177. The van der Waals surface area contributed by atoms with Gasteiger partial charge in [0.2, 0.25) is 0 Å². The molecular formula is C20H19FN2O. The second kappa shape index (κ2) is 6.26. The van der Waals surface area contributed by atoms with Gasteiger partial charge in [0.25, 0.3) is 0 Å². The third-order valence-electron chi connectivity index (χ3n) is 5.02. The molecule has 24 heavy (non-hydrogen) atoms. The van der Waals surface area contributed by atoms with Gasteiger partial charge in [-0.05, 0) is 42.2 Å². The highest BCUT2D eigenvalue weighted by molar-refractivity contribution is 5.58. The number of hydrogen-bond acceptors (Lipinski definition) is 3. The molecular weight excluding hydrogens is 303 g/mol. The maximum absolute atomic E-state index is 13.7. The molecule has 0 aromatic heterocycles. The molecule has 4 rings (SSSR count). The molecule has 1 fully saturated rings. The lowest BCUT2D eigenvalue weighted by Crippen LogP contribution is -2.36. The van der Waals surface area contributed by atoms with Gasteiger partial charge in [-0.2, -0.15) is 5.26 Å². The lowest BCUT2D eigenvalue weighted by molar-refractivity contribution is -0.0381. The summed E-state index contributed by atoms with van der Waals surface area (Å²) in [4.78, 5) is 0.